The van der Waals surface area contributed by atoms with Gasteiger partial charge in [-0.1, -0.05) is 36.7 Å². The molecule has 2 atom stereocenters. The van der Waals surface area contributed by atoms with Crippen LogP contribution in [0.2, 0.25) is 5.02 Å². The summed E-state index contributed by atoms with van der Waals surface area (Å²) in [6, 6.07) is 7.52. The molecule has 0 amide bonds. The summed E-state index contributed by atoms with van der Waals surface area (Å²) in [5.74, 6) is -0.0614. The number of hydrogen-bond acceptors (Lipinski definition) is 2. The molecule has 0 saturated carbocycles. The van der Waals surface area contributed by atoms with E-state index in [0.717, 1.165) is 5.56 Å². The van der Waals surface area contributed by atoms with Gasteiger partial charge in [-0.15, -0.1) is 0 Å². The van der Waals surface area contributed by atoms with Gasteiger partial charge in [0.05, 0.1) is 6.10 Å². The minimum Gasteiger partial charge on any atom is -0.392 e. The number of aliphatic hydroxyl groups excluding tert-OH is 1. The van der Waals surface area contributed by atoms with E-state index in [0.29, 0.717) is 18.0 Å². The Hall–Kier alpha value is -0.570. The molecule has 78 valence electrons. The molecule has 0 aromatic heterocycles. The second-order valence-electron chi connectivity index (χ2n) is 3.34. The van der Waals surface area contributed by atoms with E-state index in [-0.39, 0.29) is 5.92 Å². The van der Waals surface area contributed by atoms with Crippen molar-refractivity contribution in [2.45, 2.75) is 25.4 Å². The van der Waals surface area contributed by atoms with Gasteiger partial charge in [-0.25, -0.2) is 0 Å². The summed E-state index contributed by atoms with van der Waals surface area (Å²) < 4.78 is 0. The zero-order chi connectivity index (χ0) is 10.6. The van der Waals surface area contributed by atoms with Crippen LogP contribution in [0.1, 0.15) is 24.8 Å². The number of halogens is 1. The molecule has 0 bridgehead atoms. The maximum atomic E-state index is 9.76. The summed E-state index contributed by atoms with van der Waals surface area (Å²) in [5.41, 5.74) is 6.57. The third-order valence-corrected chi connectivity index (χ3v) is 2.79. The molecule has 2 nitrogen and oxygen atoms in total. The van der Waals surface area contributed by atoms with Crippen LogP contribution in [0.4, 0.5) is 0 Å². The summed E-state index contributed by atoms with van der Waals surface area (Å²) >= 11 is 6.03. The Kier molecular flexibility index (Phi) is 4.39. The molecular weight excluding hydrogens is 198 g/mol. The number of benzene rings is 1. The Balaban J connectivity index is 2.94. The van der Waals surface area contributed by atoms with Crippen molar-refractivity contribution in [2.24, 2.45) is 5.73 Å². The Morgan fingerprint density at radius 3 is 2.57 bits per heavy atom. The molecule has 0 saturated heterocycles. The van der Waals surface area contributed by atoms with Crippen molar-refractivity contribution < 1.29 is 5.11 Å². The van der Waals surface area contributed by atoms with Gasteiger partial charge in [-0.2, -0.15) is 0 Å². The fraction of sp³-hybridized carbons (Fsp3) is 0.455. The lowest BCUT2D eigenvalue weighted by atomic mass is 9.92. The first-order chi connectivity index (χ1) is 6.70. The van der Waals surface area contributed by atoms with Crippen LogP contribution in [0.5, 0.6) is 0 Å². The van der Waals surface area contributed by atoms with Crippen LogP contribution in [0.15, 0.2) is 24.3 Å². The second kappa shape index (κ2) is 5.35. The average molecular weight is 214 g/mol. The van der Waals surface area contributed by atoms with Crippen molar-refractivity contribution in [1.82, 2.24) is 0 Å². The van der Waals surface area contributed by atoms with Gasteiger partial charge in [0.15, 0.2) is 0 Å². The normalized spacial score (nSPS) is 15.1. The first kappa shape index (κ1) is 11.5. The van der Waals surface area contributed by atoms with E-state index in [9.17, 15) is 5.11 Å². The minimum absolute atomic E-state index is 0.0614. The predicted molar refractivity (Wildman–Crippen MR) is 59.5 cm³/mol. The summed E-state index contributed by atoms with van der Waals surface area (Å²) in [4.78, 5) is 0. The van der Waals surface area contributed by atoms with Crippen molar-refractivity contribution in [2.75, 3.05) is 6.54 Å². The highest BCUT2D eigenvalue weighted by molar-refractivity contribution is 6.31. The van der Waals surface area contributed by atoms with Gasteiger partial charge in [-0.05, 0) is 18.1 Å². The zero-order valence-corrected chi connectivity index (χ0v) is 9.04. The molecule has 1 rings (SSSR count). The van der Waals surface area contributed by atoms with E-state index in [1.165, 1.54) is 0 Å². The van der Waals surface area contributed by atoms with Crippen LogP contribution in [-0.2, 0) is 0 Å². The molecule has 0 aliphatic carbocycles. The molecule has 1 aromatic carbocycles. The van der Waals surface area contributed by atoms with E-state index in [4.69, 9.17) is 17.3 Å². The predicted octanol–water partition coefficient (Wildman–Crippen LogP) is 2.15. The number of nitrogens with two attached hydrogens (primary N) is 1. The van der Waals surface area contributed by atoms with E-state index in [1.807, 2.05) is 31.2 Å². The third-order valence-electron chi connectivity index (χ3n) is 2.44. The Labute approximate surface area is 89.7 Å². The monoisotopic (exact) mass is 213 g/mol. The molecule has 0 radical (unpaired) electrons. The molecule has 2 unspecified atom stereocenters. The lowest BCUT2D eigenvalue weighted by Crippen LogP contribution is -2.25. The van der Waals surface area contributed by atoms with Gasteiger partial charge in [0.2, 0.25) is 0 Å². The molecule has 0 spiro atoms. The van der Waals surface area contributed by atoms with Crippen LogP contribution in [0, 0.1) is 0 Å². The van der Waals surface area contributed by atoms with Crippen molar-refractivity contribution in [3.8, 4) is 0 Å². The second-order valence-corrected chi connectivity index (χ2v) is 3.75. The highest BCUT2D eigenvalue weighted by Crippen LogP contribution is 2.27. The topological polar surface area (TPSA) is 46.2 Å². The Morgan fingerprint density at radius 2 is 2.07 bits per heavy atom. The number of rotatable bonds is 4. The lowest BCUT2D eigenvalue weighted by molar-refractivity contribution is 0.141. The highest BCUT2D eigenvalue weighted by Gasteiger charge is 2.19. The Morgan fingerprint density at radius 1 is 1.43 bits per heavy atom. The van der Waals surface area contributed by atoms with Crippen molar-refractivity contribution >= 4 is 11.6 Å². The summed E-state index contributed by atoms with van der Waals surface area (Å²) in [7, 11) is 0. The molecule has 0 fully saturated rings. The average Bonchev–Trinajstić information content (AvgIpc) is 2.21. The molecule has 0 heterocycles. The zero-order valence-electron chi connectivity index (χ0n) is 8.28. The van der Waals surface area contributed by atoms with E-state index >= 15 is 0 Å². The van der Waals surface area contributed by atoms with Gasteiger partial charge < -0.3 is 10.8 Å². The molecule has 14 heavy (non-hydrogen) atoms. The quantitative estimate of drug-likeness (QED) is 0.805. The van der Waals surface area contributed by atoms with Crippen molar-refractivity contribution in [1.29, 1.82) is 0 Å². The van der Waals surface area contributed by atoms with Crippen LogP contribution in [-0.4, -0.2) is 17.8 Å². The minimum atomic E-state index is -0.417. The van der Waals surface area contributed by atoms with Crippen LogP contribution < -0.4 is 5.73 Å². The molecule has 0 aliphatic heterocycles. The SMILES string of the molecule is CCC(O)C(CN)c1ccccc1Cl. The maximum absolute atomic E-state index is 9.76. The van der Waals surface area contributed by atoms with Gasteiger partial charge in [0, 0.05) is 17.5 Å². The highest BCUT2D eigenvalue weighted by atomic mass is 35.5. The van der Waals surface area contributed by atoms with E-state index in [2.05, 4.69) is 0 Å². The molecule has 3 N–H and O–H groups in total. The molecule has 3 heteroatoms. The molecule has 1 aromatic rings. The summed E-state index contributed by atoms with van der Waals surface area (Å²) in [6.45, 7) is 2.35. The first-order valence-corrected chi connectivity index (χ1v) is 5.21. The van der Waals surface area contributed by atoms with Crippen LogP contribution in [0.3, 0.4) is 0 Å². The van der Waals surface area contributed by atoms with Gasteiger partial charge in [0.25, 0.3) is 0 Å². The fourth-order valence-electron chi connectivity index (χ4n) is 1.55. The molecular formula is C11H16ClNO. The summed E-state index contributed by atoms with van der Waals surface area (Å²) in [5, 5.41) is 10.4. The van der Waals surface area contributed by atoms with Gasteiger partial charge in [0.1, 0.15) is 0 Å². The van der Waals surface area contributed by atoms with E-state index in [1.54, 1.807) is 0 Å². The largest absolute Gasteiger partial charge is 0.392 e. The first-order valence-electron chi connectivity index (χ1n) is 4.83. The maximum Gasteiger partial charge on any atom is 0.0618 e. The fourth-order valence-corrected chi connectivity index (χ4v) is 1.83. The van der Waals surface area contributed by atoms with Crippen molar-refractivity contribution in [3.63, 3.8) is 0 Å². The van der Waals surface area contributed by atoms with E-state index < -0.39 is 6.10 Å². The summed E-state index contributed by atoms with van der Waals surface area (Å²) in [6.07, 6.45) is 0.271. The van der Waals surface area contributed by atoms with Crippen molar-refractivity contribution in [3.05, 3.63) is 34.9 Å². The molecule has 0 aliphatic rings. The Bertz CT molecular complexity index is 290. The van der Waals surface area contributed by atoms with Gasteiger partial charge in [-0.3, -0.25) is 0 Å². The standard InChI is InChI=1S/C11H16ClNO/c1-2-11(14)9(7-13)8-5-3-4-6-10(8)12/h3-6,9,11,14H,2,7,13H2,1H3. The van der Waals surface area contributed by atoms with Crippen LogP contribution >= 0.6 is 11.6 Å². The smallest absolute Gasteiger partial charge is 0.0618 e. The number of hydrogen-bond donors (Lipinski definition) is 2. The number of aliphatic hydroxyl groups is 1. The van der Waals surface area contributed by atoms with Gasteiger partial charge >= 0.3 is 0 Å². The van der Waals surface area contributed by atoms with Crippen LogP contribution in [0.25, 0.3) is 0 Å². The lowest BCUT2D eigenvalue weighted by Gasteiger charge is -2.21. The third kappa shape index (κ3) is 2.47.